The summed E-state index contributed by atoms with van der Waals surface area (Å²) in [5, 5.41) is 0.158. The molecular formula is C9H9NS2. The van der Waals surface area contributed by atoms with E-state index in [2.05, 4.69) is 18.2 Å². The number of rotatable bonds is 1. The Labute approximate surface area is 79.8 Å². The van der Waals surface area contributed by atoms with Crippen LogP contribution in [0.4, 0.5) is 0 Å². The van der Waals surface area contributed by atoms with E-state index in [9.17, 15) is 0 Å². The Balaban J connectivity index is 2.27. The van der Waals surface area contributed by atoms with Crippen LogP contribution in [0.3, 0.4) is 0 Å². The van der Waals surface area contributed by atoms with Gasteiger partial charge in [-0.1, -0.05) is 51.9 Å². The number of nitrogens with two attached hydrogens (primary N) is 1. The summed E-state index contributed by atoms with van der Waals surface area (Å²) in [5.41, 5.74) is 6.99. The standard InChI is InChI=1S/C9H9NS2/c10-9-6-8(11-12-9)7-4-2-1-3-5-7/h1-6,9H,10H2. The van der Waals surface area contributed by atoms with Gasteiger partial charge < -0.3 is 5.73 Å². The molecule has 1 atom stereocenters. The summed E-state index contributed by atoms with van der Waals surface area (Å²) < 4.78 is 0. The van der Waals surface area contributed by atoms with Crippen molar-refractivity contribution < 1.29 is 0 Å². The third kappa shape index (κ3) is 1.68. The van der Waals surface area contributed by atoms with E-state index in [-0.39, 0.29) is 5.37 Å². The van der Waals surface area contributed by atoms with E-state index < -0.39 is 0 Å². The minimum atomic E-state index is 0.158. The molecule has 1 nitrogen and oxygen atoms in total. The Morgan fingerprint density at radius 1 is 1.17 bits per heavy atom. The Kier molecular flexibility index (Phi) is 2.44. The highest BCUT2D eigenvalue weighted by Crippen LogP contribution is 2.45. The van der Waals surface area contributed by atoms with Crippen LogP contribution >= 0.6 is 21.6 Å². The fourth-order valence-electron chi connectivity index (χ4n) is 1.06. The highest BCUT2D eigenvalue weighted by Gasteiger charge is 2.14. The molecule has 1 unspecified atom stereocenters. The number of hydrogen-bond acceptors (Lipinski definition) is 3. The fourth-order valence-corrected chi connectivity index (χ4v) is 3.25. The summed E-state index contributed by atoms with van der Waals surface area (Å²) in [4.78, 5) is 1.29. The maximum absolute atomic E-state index is 5.73. The van der Waals surface area contributed by atoms with Crippen molar-refractivity contribution in [3.05, 3.63) is 42.0 Å². The first-order chi connectivity index (χ1) is 5.86. The first-order valence-electron chi connectivity index (χ1n) is 3.72. The Morgan fingerprint density at radius 2 is 1.92 bits per heavy atom. The van der Waals surface area contributed by atoms with Gasteiger partial charge in [-0.3, -0.25) is 0 Å². The quantitative estimate of drug-likeness (QED) is 0.698. The largest absolute Gasteiger partial charge is 0.315 e. The minimum Gasteiger partial charge on any atom is -0.315 e. The topological polar surface area (TPSA) is 26.0 Å². The highest BCUT2D eigenvalue weighted by atomic mass is 33.1. The molecule has 0 saturated heterocycles. The highest BCUT2D eigenvalue weighted by molar-refractivity contribution is 8.80. The van der Waals surface area contributed by atoms with E-state index >= 15 is 0 Å². The van der Waals surface area contributed by atoms with Gasteiger partial charge in [0.05, 0.1) is 5.37 Å². The predicted octanol–water partition coefficient (Wildman–Crippen LogP) is 2.71. The second-order valence-electron chi connectivity index (χ2n) is 2.54. The smallest absolute Gasteiger partial charge is 0.0815 e. The molecule has 12 heavy (non-hydrogen) atoms. The molecule has 0 fully saturated rings. The molecular weight excluding hydrogens is 186 g/mol. The van der Waals surface area contributed by atoms with Gasteiger partial charge in [0.2, 0.25) is 0 Å². The van der Waals surface area contributed by atoms with Gasteiger partial charge in [0, 0.05) is 4.91 Å². The van der Waals surface area contributed by atoms with Gasteiger partial charge in [0.25, 0.3) is 0 Å². The van der Waals surface area contributed by atoms with Crippen LogP contribution in [0.1, 0.15) is 5.56 Å². The zero-order valence-electron chi connectivity index (χ0n) is 6.44. The SMILES string of the molecule is NC1C=C(c2ccccc2)SS1. The first kappa shape index (κ1) is 8.23. The van der Waals surface area contributed by atoms with Crippen molar-refractivity contribution in [2.75, 3.05) is 0 Å². The van der Waals surface area contributed by atoms with Gasteiger partial charge in [-0.15, -0.1) is 0 Å². The molecule has 0 radical (unpaired) electrons. The van der Waals surface area contributed by atoms with Crippen LogP contribution in [-0.4, -0.2) is 5.37 Å². The van der Waals surface area contributed by atoms with E-state index in [1.165, 1.54) is 10.5 Å². The number of hydrogen-bond donors (Lipinski definition) is 1. The van der Waals surface area contributed by atoms with Crippen LogP contribution in [0.5, 0.6) is 0 Å². The molecule has 2 N–H and O–H groups in total. The molecule has 1 heterocycles. The van der Waals surface area contributed by atoms with Crippen LogP contribution in [0.15, 0.2) is 36.4 Å². The van der Waals surface area contributed by atoms with Crippen LogP contribution < -0.4 is 5.73 Å². The van der Waals surface area contributed by atoms with E-state index in [0.29, 0.717) is 0 Å². The predicted molar refractivity (Wildman–Crippen MR) is 57.6 cm³/mol. The lowest BCUT2D eigenvalue weighted by Crippen LogP contribution is -2.06. The maximum Gasteiger partial charge on any atom is 0.0815 e. The first-order valence-corrected chi connectivity index (χ1v) is 5.94. The summed E-state index contributed by atoms with van der Waals surface area (Å²) in [6.45, 7) is 0. The Hall–Kier alpha value is -0.380. The van der Waals surface area contributed by atoms with E-state index in [4.69, 9.17) is 5.73 Å². The molecule has 0 bridgehead atoms. The van der Waals surface area contributed by atoms with Crippen molar-refractivity contribution in [1.29, 1.82) is 0 Å². The monoisotopic (exact) mass is 195 g/mol. The molecule has 0 spiro atoms. The second kappa shape index (κ2) is 3.56. The molecule has 1 aromatic rings. The molecule has 0 saturated carbocycles. The van der Waals surface area contributed by atoms with Gasteiger partial charge >= 0.3 is 0 Å². The van der Waals surface area contributed by atoms with Crippen molar-refractivity contribution >= 4 is 26.5 Å². The van der Waals surface area contributed by atoms with Crippen LogP contribution in [0, 0.1) is 0 Å². The summed E-state index contributed by atoms with van der Waals surface area (Å²) in [7, 11) is 3.46. The van der Waals surface area contributed by atoms with E-state index in [1.807, 2.05) is 18.2 Å². The van der Waals surface area contributed by atoms with E-state index in [0.717, 1.165) is 0 Å². The Morgan fingerprint density at radius 3 is 2.50 bits per heavy atom. The molecule has 1 aromatic carbocycles. The van der Waals surface area contributed by atoms with Crippen molar-refractivity contribution in [3.8, 4) is 0 Å². The van der Waals surface area contributed by atoms with Crippen LogP contribution in [-0.2, 0) is 0 Å². The third-order valence-corrected chi connectivity index (χ3v) is 4.12. The zero-order valence-corrected chi connectivity index (χ0v) is 8.07. The lowest BCUT2D eigenvalue weighted by atomic mass is 10.2. The van der Waals surface area contributed by atoms with E-state index in [1.54, 1.807) is 21.6 Å². The van der Waals surface area contributed by atoms with Crippen molar-refractivity contribution in [2.45, 2.75) is 5.37 Å². The average molecular weight is 195 g/mol. The van der Waals surface area contributed by atoms with Crippen molar-refractivity contribution in [2.24, 2.45) is 5.73 Å². The summed E-state index contributed by atoms with van der Waals surface area (Å²) in [5.74, 6) is 0. The molecule has 1 aliphatic rings. The molecule has 3 heteroatoms. The lowest BCUT2D eigenvalue weighted by molar-refractivity contribution is 1.18. The molecule has 0 amide bonds. The molecule has 0 aliphatic carbocycles. The average Bonchev–Trinajstić information content (AvgIpc) is 2.54. The minimum absolute atomic E-state index is 0.158. The summed E-state index contributed by atoms with van der Waals surface area (Å²) >= 11 is 0. The summed E-state index contributed by atoms with van der Waals surface area (Å²) in [6, 6.07) is 10.3. The van der Waals surface area contributed by atoms with Gasteiger partial charge in [-0.2, -0.15) is 0 Å². The maximum atomic E-state index is 5.73. The normalized spacial score (nSPS) is 22.4. The van der Waals surface area contributed by atoms with Crippen molar-refractivity contribution in [1.82, 2.24) is 0 Å². The molecule has 1 aliphatic heterocycles. The van der Waals surface area contributed by atoms with Gasteiger partial charge in [0.1, 0.15) is 0 Å². The van der Waals surface area contributed by atoms with Gasteiger partial charge in [-0.25, -0.2) is 0 Å². The third-order valence-electron chi connectivity index (χ3n) is 1.62. The van der Waals surface area contributed by atoms with Crippen LogP contribution in [0.2, 0.25) is 0 Å². The molecule has 0 aromatic heterocycles. The molecule has 62 valence electrons. The van der Waals surface area contributed by atoms with Gasteiger partial charge in [-0.05, 0) is 11.6 Å². The van der Waals surface area contributed by atoms with Crippen molar-refractivity contribution in [3.63, 3.8) is 0 Å². The zero-order chi connectivity index (χ0) is 8.39. The Bertz CT molecular complexity index is 295. The summed E-state index contributed by atoms with van der Waals surface area (Å²) in [6.07, 6.45) is 2.10. The second-order valence-corrected chi connectivity index (χ2v) is 4.96. The van der Waals surface area contributed by atoms with Gasteiger partial charge in [0.15, 0.2) is 0 Å². The number of benzene rings is 1. The fraction of sp³-hybridized carbons (Fsp3) is 0.111. The lowest BCUT2D eigenvalue weighted by Gasteiger charge is -1.97. The molecule has 2 rings (SSSR count). The van der Waals surface area contributed by atoms with Crippen LogP contribution in [0.25, 0.3) is 4.91 Å².